The maximum absolute atomic E-state index is 13.5. The van der Waals surface area contributed by atoms with E-state index in [-0.39, 0.29) is 0 Å². The van der Waals surface area contributed by atoms with Crippen molar-refractivity contribution in [2.24, 2.45) is 0 Å². The second-order valence-corrected chi connectivity index (χ2v) is 6.11. The summed E-state index contributed by atoms with van der Waals surface area (Å²) in [5, 5.41) is 0. The first-order chi connectivity index (χ1) is 14.2. The summed E-state index contributed by atoms with van der Waals surface area (Å²) in [6, 6.07) is 25.8. The molecule has 4 aromatic rings. The molecule has 0 aromatic heterocycles. The predicted molar refractivity (Wildman–Crippen MR) is 106 cm³/mol. The molecular formula is C24H16F2O3. The van der Waals surface area contributed by atoms with Crippen LogP contribution in [-0.2, 0) is 0 Å². The van der Waals surface area contributed by atoms with Gasteiger partial charge < -0.3 is 14.2 Å². The molecule has 0 radical (unpaired) electrons. The SMILES string of the molecule is Fc1cccc(Oc2ccccc2Oc2ccccc2Oc2cccc(F)c2)c1. The number of ether oxygens (including phenoxy) is 3. The number of rotatable bonds is 6. The first-order valence-corrected chi connectivity index (χ1v) is 8.90. The maximum atomic E-state index is 13.5. The molecule has 5 heteroatoms. The molecule has 0 aliphatic rings. The van der Waals surface area contributed by atoms with Crippen molar-refractivity contribution in [1.82, 2.24) is 0 Å². The van der Waals surface area contributed by atoms with Crippen molar-refractivity contribution in [3.05, 3.63) is 109 Å². The van der Waals surface area contributed by atoms with Crippen LogP contribution in [0.1, 0.15) is 0 Å². The number of para-hydroxylation sites is 4. The predicted octanol–water partition coefficient (Wildman–Crippen LogP) is 7.34. The van der Waals surface area contributed by atoms with Crippen molar-refractivity contribution in [2.45, 2.75) is 0 Å². The molecule has 3 nitrogen and oxygen atoms in total. The molecule has 29 heavy (non-hydrogen) atoms. The molecule has 4 rings (SSSR count). The van der Waals surface area contributed by atoms with Crippen LogP contribution >= 0.6 is 0 Å². The van der Waals surface area contributed by atoms with Crippen LogP contribution in [0.5, 0.6) is 34.5 Å². The Morgan fingerprint density at radius 2 is 0.793 bits per heavy atom. The first-order valence-electron chi connectivity index (χ1n) is 8.90. The van der Waals surface area contributed by atoms with Gasteiger partial charge >= 0.3 is 0 Å². The highest BCUT2D eigenvalue weighted by Gasteiger charge is 2.12. The molecule has 0 aliphatic carbocycles. The van der Waals surface area contributed by atoms with Crippen LogP contribution in [0.15, 0.2) is 97.1 Å². The molecule has 144 valence electrons. The normalized spacial score (nSPS) is 10.4. The van der Waals surface area contributed by atoms with E-state index in [1.54, 1.807) is 72.8 Å². The van der Waals surface area contributed by atoms with Gasteiger partial charge in [-0.3, -0.25) is 0 Å². The van der Waals surface area contributed by atoms with Crippen LogP contribution in [0.2, 0.25) is 0 Å². The topological polar surface area (TPSA) is 27.7 Å². The Balaban J connectivity index is 1.60. The van der Waals surface area contributed by atoms with E-state index in [2.05, 4.69) is 0 Å². The highest BCUT2D eigenvalue weighted by molar-refractivity contribution is 5.49. The zero-order valence-electron chi connectivity index (χ0n) is 15.2. The van der Waals surface area contributed by atoms with Crippen molar-refractivity contribution in [3.8, 4) is 34.5 Å². The van der Waals surface area contributed by atoms with Gasteiger partial charge in [0.2, 0.25) is 0 Å². The number of benzene rings is 4. The Bertz CT molecular complexity index is 1040. The van der Waals surface area contributed by atoms with Crippen LogP contribution in [-0.4, -0.2) is 0 Å². The number of hydrogen-bond acceptors (Lipinski definition) is 3. The van der Waals surface area contributed by atoms with Crippen molar-refractivity contribution in [2.75, 3.05) is 0 Å². The fourth-order valence-electron chi connectivity index (χ4n) is 2.67. The molecule has 0 aliphatic heterocycles. The molecule has 0 saturated carbocycles. The molecular weight excluding hydrogens is 374 g/mol. The van der Waals surface area contributed by atoms with E-state index in [0.29, 0.717) is 34.5 Å². The average Bonchev–Trinajstić information content (AvgIpc) is 2.71. The molecule has 0 bridgehead atoms. The van der Waals surface area contributed by atoms with Gasteiger partial charge in [0.25, 0.3) is 0 Å². The summed E-state index contributed by atoms with van der Waals surface area (Å²) in [6.45, 7) is 0. The van der Waals surface area contributed by atoms with Crippen molar-refractivity contribution < 1.29 is 23.0 Å². The van der Waals surface area contributed by atoms with E-state index in [4.69, 9.17) is 14.2 Å². The Morgan fingerprint density at radius 1 is 0.414 bits per heavy atom. The standard InChI is InChI=1S/C24H16F2O3/c25-17-7-5-9-19(15-17)27-21-11-1-3-13-23(21)29-24-14-4-2-12-22(24)28-20-10-6-8-18(26)16-20/h1-16H. The second kappa shape index (κ2) is 8.44. The van der Waals surface area contributed by atoms with Crippen LogP contribution in [0.3, 0.4) is 0 Å². The smallest absolute Gasteiger partial charge is 0.170 e. The van der Waals surface area contributed by atoms with Crippen LogP contribution in [0, 0.1) is 11.6 Å². The van der Waals surface area contributed by atoms with E-state index in [1.807, 2.05) is 0 Å². The van der Waals surface area contributed by atoms with E-state index in [1.165, 1.54) is 24.3 Å². The van der Waals surface area contributed by atoms with Crippen molar-refractivity contribution >= 4 is 0 Å². The van der Waals surface area contributed by atoms with Crippen molar-refractivity contribution in [3.63, 3.8) is 0 Å². The summed E-state index contributed by atoms with van der Waals surface area (Å²) >= 11 is 0. The third-order valence-corrected chi connectivity index (χ3v) is 3.97. The van der Waals surface area contributed by atoms with Gasteiger partial charge in [-0.2, -0.15) is 0 Å². The molecule has 0 spiro atoms. The summed E-state index contributed by atoms with van der Waals surface area (Å²) in [5.41, 5.74) is 0. The van der Waals surface area contributed by atoms with Gasteiger partial charge in [-0.25, -0.2) is 8.78 Å². The van der Waals surface area contributed by atoms with Crippen LogP contribution in [0.4, 0.5) is 8.78 Å². The molecule has 4 aromatic carbocycles. The lowest BCUT2D eigenvalue weighted by Gasteiger charge is -2.15. The summed E-state index contributed by atoms with van der Waals surface area (Å²) in [7, 11) is 0. The summed E-state index contributed by atoms with van der Waals surface area (Å²) < 4.78 is 44.5. The van der Waals surface area contributed by atoms with Gasteiger partial charge in [-0.05, 0) is 48.5 Å². The van der Waals surface area contributed by atoms with E-state index in [9.17, 15) is 8.78 Å². The number of halogens is 2. The van der Waals surface area contributed by atoms with Gasteiger partial charge in [-0.15, -0.1) is 0 Å². The van der Waals surface area contributed by atoms with Gasteiger partial charge in [0.05, 0.1) is 0 Å². The Hall–Kier alpha value is -3.86. The Kier molecular flexibility index (Phi) is 5.38. The van der Waals surface area contributed by atoms with Gasteiger partial charge in [0.1, 0.15) is 23.1 Å². The molecule has 0 fully saturated rings. The maximum Gasteiger partial charge on any atom is 0.170 e. The molecule has 0 heterocycles. The summed E-state index contributed by atoms with van der Waals surface area (Å²) in [4.78, 5) is 0. The van der Waals surface area contributed by atoms with E-state index >= 15 is 0 Å². The largest absolute Gasteiger partial charge is 0.453 e. The Labute approximate surface area is 166 Å². The van der Waals surface area contributed by atoms with E-state index < -0.39 is 11.6 Å². The third kappa shape index (κ3) is 4.71. The minimum atomic E-state index is -0.394. The second-order valence-electron chi connectivity index (χ2n) is 6.11. The lowest BCUT2D eigenvalue weighted by molar-refractivity contribution is 0.392. The third-order valence-electron chi connectivity index (χ3n) is 3.97. The molecule has 0 N–H and O–H groups in total. The lowest BCUT2D eigenvalue weighted by atomic mass is 10.3. The molecule has 0 saturated heterocycles. The summed E-state index contributed by atoms with van der Waals surface area (Å²) in [6.07, 6.45) is 0. The Morgan fingerprint density at radius 3 is 1.17 bits per heavy atom. The molecule has 0 amide bonds. The number of hydrogen-bond donors (Lipinski definition) is 0. The minimum Gasteiger partial charge on any atom is -0.453 e. The lowest BCUT2D eigenvalue weighted by Crippen LogP contribution is -1.93. The minimum absolute atomic E-state index is 0.352. The molecule has 0 atom stereocenters. The average molecular weight is 390 g/mol. The monoisotopic (exact) mass is 390 g/mol. The highest BCUT2D eigenvalue weighted by atomic mass is 19.1. The fourth-order valence-corrected chi connectivity index (χ4v) is 2.67. The van der Waals surface area contributed by atoms with Gasteiger partial charge in [0, 0.05) is 12.1 Å². The van der Waals surface area contributed by atoms with Crippen LogP contribution < -0.4 is 14.2 Å². The summed E-state index contributed by atoms with van der Waals surface area (Å²) in [5.74, 6) is 1.59. The zero-order valence-corrected chi connectivity index (χ0v) is 15.2. The quantitative estimate of drug-likeness (QED) is 0.345. The highest BCUT2D eigenvalue weighted by Crippen LogP contribution is 2.39. The van der Waals surface area contributed by atoms with Gasteiger partial charge in [-0.1, -0.05) is 36.4 Å². The first kappa shape index (κ1) is 18.5. The molecule has 0 unspecified atom stereocenters. The zero-order chi connectivity index (χ0) is 20.1. The van der Waals surface area contributed by atoms with Gasteiger partial charge in [0.15, 0.2) is 23.0 Å². The van der Waals surface area contributed by atoms with Crippen LogP contribution in [0.25, 0.3) is 0 Å². The fraction of sp³-hybridized carbons (Fsp3) is 0. The van der Waals surface area contributed by atoms with E-state index in [0.717, 1.165) is 0 Å². The van der Waals surface area contributed by atoms with Crippen molar-refractivity contribution in [1.29, 1.82) is 0 Å².